The highest BCUT2D eigenvalue weighted by Gasteiger charge is 2.24. The van der Waals surface area contributed by atoms with Crippen LogP contribution >= 0.6 is 0 Å². The lowest BCUT2D eigenvalue weighted by Gasteiger charge is -2.37. The number of anilines is 1. The Kier molecular flexibility index (Phi) is 7.63. The smallest absolute Gasteiger partial charge is 0.225 e. The van der Waals surface area contributed by atoms with Gasteiger partial charge in [-0.3, -0.25) is 9.59 Å². The molecule has 2 saturated heterocycles. The molecule has 0 bridgehead atoms. The summed E-state index contributed by atoms with van der Waals surface area (Å²) in [6, 6.07) is 7.11. The average molecular weight is 386 g/mol. The third kappa shape index (κ3) is 6.42. The number of benzene rings is 1. The van der Waals surface area contributed by atoms with E-state index in [9.17, 15) is 9.59 Å². The van der Waals surface area contributed by atoms with Gasteiger partial charge >= 0.3 is 0 Å². The Morgan fingerprint density at radius 2 is 1.75 bits per heavy atom. The van der Waals surface area contributed by atoms with E-state index in [2.05, 4.69) is 22.0 Å². The maximum absolute atomic E-state index is 12.3. The van der Waals surface area contributed by atoms with E-state index in [0.717, 1.165) is 37.2 Å². The predicted octanol–water partition coefficient (Wildman–Crippen LogP) is 3.66. The molecule has 5 nitrogen and oxygen atoms in total. The van der Waals surface area contributed by atoms with Gasteiger partial charge in [-0.2, -0.15) is 0 Å². The highest BCUT2D eigenvalue weighted by Crippen LogP contribution is 2.22. The monoisotopic (exact) mass is 385 g/mol. The number of likely N-dealkylation sites (tertiary alicyclic amines) is 2. The zero-order valence-corrected chi connectivity index (χ0v) is 17.5. The fourth-order valence-corrected chi connectivity index (χ4v) is 4.38. The van der Waals surface area contributed by atoms with Crippen molar-refractivity contribution in [3.63, 3.8) is 0 Å². The van der Waals surface area contributed by atoms with Crippen LogP contribution in [0.1, 0.15) is 56.3 Å². The second kappa shape index (κ2) is 10.2. The number of nitrogens with one attached hydrogen (secondary N) is 1. The number of carbonyl (C=O) groups is 2. The standard InChI is InChI=1S/C23H35N3O2/c1-18-9-13-26(14-10-18)17-20-4-3-12-25(16-20)15-11-23(28)24-22-7-5-21(6-8-22)19(2)27/h5-8,18,20H,3-4,9-17H2,1-2H3,(H,24,28). The van der Waals surface area contributed by atoms with Crippen LogP contribution in [0.3, 0.4) is 0 Å². The Labute approximate surface area is 169 Å². The fraction of sp³-hybridized carbons (Fsp3) is 0.652. The lowest BCUT2D eigenvalue weighted by Crippen LogP contribution is -2.43. The van der Waals surface area contributed by atoms with Gasteiger partial charge in [-0.1, -0.05) is 6.92 Å². The number of hydrogen-bond donors (Lipinski definition) is 1. The molecule has 1 unspecified atom stereocenters. The fourth-order valence-electron chi connectivity index (χ4n) is 4.38. The molecular weight excluding hydrogens is 350 g/mol. The van der Waals surface area contributed by atoms with Crippen LogP contribution in [0.4, 0.5) is 5.69 Å². The first-order valence-corrected chi connectivity index (χ1v) is 10.8. The molecule has 1 N–H and O–H groups in total. The molecule has 5 heteroatoms. The van der Waals surface area contributed by atoms with Crippen molar-refractivity contribution in [1.29, 1.82) is 0 Å². The Balaban J connectivity index is 1.38. The summed E-state index contributed by atoms with van der Waals surface area (Å²) in [5, 5.41) is 2.94. The highest BCUT2D eigenvalue weighted by molar-refractivity contribution is 5.95. The van der Waals surface area contributed by atoms with Crippen LogP contribution in [-0.2, 0) is 4.79 Å². The largest absolute Gasteiger partial charge is 0.326 e. The Bertz CT molecular complexity index is 650. The molecule has 2 aliphatic heterocycles. The number of amides is 1. The Morgan fingerprint density at radius 3 is 2.43 bits per heavy atom. The zero-order chi connectivity index (χ0) is 19.9. The molecule has 1 atom stereocenters. The van der Waals surface area contributed by atoms with E-state index in [1.54, 1.807) is 31.2 Å². The molecule has 1 amide bonds. The molecule has 3 rings (SSSR count). The van der Waals surface area contributed by atoms with Crippen molar-refractivity contribution in [2.75, 3.05) is 44.6 Å². The van der Waals surface area contributed by atoms with Gasteiger partial charge in [0.2, 0.25) is 5.91 Å². The van der Waals surface area contributed by atoms with Crippen molar-refractivity contribution in [3.8, 4) is 0 Å². The van der Waals surface area contributed by atoms with Crippen LogP contribution in [0.15, 0.2) is 24.3 Å². The van der Waals surface area contributed by atoms with Crippen LogP contribution in [0.25, 0.3) is 0 Å². The van der Waals surface area contributed by atoms with Gasteiger partial charge in [0.15, 0.2) is 5.78 Å². The van der Waals surface area contributed by atoms with Crippen molar-refractivity contribution < 1.29 is 9.59 Å². The van der Waals surface area contributed by atoms with Gasteiger partial charge in [0.1, 0.15) is 0 Å². The molecule has 1 aromatic carbocycles. The minimum Gasteiger partial charge on any atom is -0.326 e. The number of carbonyl (C=O) groups excluding carboxylic acids is 2. The third-order valence-electron chi connectivity index (χ3n) is 6.23. The van der Waals surface area contributed by atoms with Crippen molar-refractivity contribution in [2.24, 2.45) is 11.8 Å². The summed E-state index contributed by atoms with van der Waals surface area (Å²) in [7, 11) is 0. The van der Waals surface area contributed by atoms with Gasteiger partial charge in [-0.15, -0.1) is 0 Å². The number of ketones is 1. The van der Waals surface area contributed by atoms with Crippen LogP contribution in [0.2, 0.25) is 0 Å². The van der Waals surface area contributed by atoms with Crippen LogP contribution < -0.4 is 5.32 Å². The van der Waals surface area contributed by atoms with Crippen molar-refractivity contribution in [1.82, 2.24) is 9.80 Å². The molecule has 0 radical (unpaired) electrons. The molecule has 1 aromatic rings. The summed E-state index contributed by atoms with van der Waals surface area (Å²) in [6.45, 7) is 10.7. The van der Waals surface area contributed by atoms with Gasteiger partial charge in [-0.05, 0) is 88.3 Å². The lowest BCUT2D eigenvalue weighted by molar-refractivity contribution is -0.116. The summed E-state index contributed by atoms with van der Waals surface area (Å²) in [4.78, 5) is 28.7. The van der Waals surface area contributed by atoms with E-state index in [4.69, 9.17) is 0 Å². The highest BCUT2D eigenvalue weighted by atomic mass is 16.1. The van der Waals surface area contributed by atoms with Gasteiger partial charge in [-0.25, -0.2) is 0 Å². The number of rotatable bonds is 7. The second-order valence-electron chi connectivity index (χ2n) is 8.72. The van der Waals surface area contributed by atoms with Gasteiger partial charge < -0.3 is 15.1 Å². The minimum absolute atomic E-state index is 0.0385. The zero-order valence-electron chi connectivity index (χ0n) is 17.5. The molecule has 154 valence electrons. The van der Waals surface area contributed by atoms with E-state index in [1.165, 1.54) is 45.3 Å². The van der Waals surface area contributed by atoms with E-state index in [1.807, 2.05) is 0 Å². The minimum atomic E-state index is 0.0385. The summed E-state index contributed by atoms with van der Waals surface area (Å²) >= 11 is 0. The van der Waals surface area contributed by atoms with Crippen LogP contribution in [0, 0.1) is 11.8 Å². The average Bonchev–Trinajstić information content (AvgIpc) is 2.69. The Morgan fingerprint density at radius 1 is 1.04 bits per heavy atom. The maximum Gasteiger partial charge on any atom is 0.225 e. The first-order valence-electron chi connectivity index (χ1n) is 10.8. The first kappa shape index (κ1) is 21.0. The van der Waals surface area contributed by atoms with Crippen molar-refractivity contribution >= 4 is 17.4 Å². The summed E-state index contributed by atoms with van der Waals surface area (Å²) in [6.07, 6.45) is 5.75. The molecule has 28 heavy (non-hydrogen) atoms. The SMILES string of the molecule is CC(=O)c1ccc(NC(=O)CCN2CCCC(CN3CCC(C)CC3)C2)cc1. The normalized spacial score (nSPS) is 22.1. The molecule has 0 aromatic heterocycles. The molecule has 2 aliphatic rings. The second-order valence-corrected chi connectivity index (χ2v) is 8.72. The molecular formula is C23H35N3O2. The van der Waals surface area contributed by atoms with E-state index >= 15 is 0 Å². The lowest BCUT2D eigenvalue weighted by atomic mass is 9.94. The van der Waals surface area contributed by atoms with E-state index in [0.29, 0.717) is 12.0 Å². The predicted molar refractivity (Wildman–Crippen MR) is 114 cm³/mol. The van der Waals surface area contributed by atoms with Gasteiger partial charge in [0.05, 0.1) is 0 Å². The number of Topliss-reactive ketones (excluding diaryl/α,β-unsaturated/α-hetero) is 1. The number of nitrogens with zero attached hydrogens (tertiary/aromatic N) is 2. The summed E-state index contributed by atoms with van der Waals surface area (Å²) in [5.74, 6) is 1.71. The number of piperidine rings is 2. The molecule has 2 heterocycles. The van der Waals surface area contributed by atoms with Gasteiger partial charge in [0.25, 0.3) is 0 Å². The summed E-state index contributed by atoms with van der Waals surface area (Å²) in [5.41, 5.74) is 1.42. The molecule has 0 aliphatic carbocycles. The van der Waals surface area contributed by atoms with E-state index < -0.39 is 0 Å². The van der Waals surface area contributed by atoms with Crippen molar-refractivity contribution in [2.45, 2.75) is 46.0 Å². The first-order chi connectivity index (χ1) is 13.5. The van der Waals surface area contributed by atoms with Gasteiger partial charge in [0, 0.05) is 37.3 Å². The van der Waals surface area contributed by atoms with Crippen molar-refractivity contribution in [3.05, 3.63) is 29.8 Å². The third-order valence-corrected chi connectivity index (χ3v) is 6.23. The summed E-state index contributed by atoms with van der Waals surface area (Å²) < 4.78 is 0. The molecule has 0 spiro atoms. The Hall–Kier alpha value is -1.72. The number of hydrogen-bond acceptors (Lipinski definition) is 4. The molecule has 0 saturated carbocycles. The van der Waals surface area contributed by atoms with Crippen LogP contribution in [0.5, 0.6) is 0 Å². The maximum atomic E-state index is 12.3. The van der Waals surface area contributed by atoms with E-state index in [-0.39, 0.29) is 11.7 Å². The van der Waals surface area contributed by atoms with Crippen LogP contribution in [-0.4, -0.2) is 60.8 Å². The quantitative estimate of drug-likeness (QED) is 0.728. The topological polar surface area (TPSA) is 52.7 Å². The molecule has 2 fully saturated rings.